The number of nitrogens with two attached hydrogens (primary N) is 1. The number of nitrogens with zero attached hydrogens (tertiary/aromatic N) is 2. The summed E-state index contributed by atoms with van der Waals surface area (Å²) in [5.74, 6) is -0.00648. The van der Waals surface area contributed by atoms with Crippen LogP contribution in [0.3, 0.4) is 0 Å². The van der Waals surface area contributed by atoms with Gasteiger partial charge in [-0.05, 0) is 6.07 Å². The van der Waals surface area contributed by atoms with Crippen molar-refractivity contribution in [3.8, 4) is 0 Å². The van der Waals surface area contributed by atoms with Crippen LogP contribution in [-0.4, -0.2) is 21.3 Å². The number of hydrogen-bond acceptors (Lipinski definition) is 4. The van der Waals surface area contributed by atoms with Crippen LogP contribution in [-0.2, 0) is 0 Å². The zero-order valence-corrected chi connectivity index (χ0v) is 10.0. The molecule has 1 rings (SSSR count). The zero-order valence-electron chi connectivity index (χ0n) is 8.44. The molecule has 1 aromatic rings. The number of hydrogen-bond donors (Lipinski definition) is 2. The maximum absolute atomic E-state index is 8.56. The van der Waals surface area contributed by atoms with Crippen LogP contribution in [0.1, 0.15) is 19.4 Å². The molecule has 0 aliphatic heterocycles. The maximum atomic E-state index is 8.56. The number of aromatic nitrogens is 1. The van der Waals surface area contributed by atoms with Crippen molar-refractivity contribution in [2.24, 2.45) is 10.9 Å². The minimum atomic E-state index is -0.00648. The molecule has 0 spiro atoms. The topological polar surface area (TPSA) is 71.5 Å². The van der Waals surface area contributed by atoms with Gasteiger partial charge in [-0.3, -0.25) is 0 Å². The maximum Gasteiger partial charge on any atom is 0.171 e. The van der Waals surface area contributed by atoms with E-state index in [4.69, 9.17) is 22.5 Å². The van der Waals surface area contributed by atoms with Crippen molar-refractivity contribution < 1.29 is 5.21 Å². The number of pyridine rings is 1. The fourth-order valence-corrected chi connectivity index (χ4v) is 2.11. The second-order valence-electron chi connectivity index (χ2n) is 3.13. The molecule has 0 bridgehead atoms. The molecule has 0 fully saturated rings. The first-order valence-corrected chi connectivity index (χ1v) is 5.61. The molecule has 4 nitrogen and oxygen atoms in total. The van der Waals surface area contributed by atoms with E-state index in [0.29, 0.717) is 20.9 Å². The molecular formula is C9H12ClN3OS. The van der Waals surface area contributed by atoms with Crippen LogP contribution in [0, 0.1) is 0 Å². The molecule has 0 amide bonds. The Bertz CT molecular complexity index is 382. The molecule has 0 atom stereocenters. The molecule has 15 heavy (non-hydrogen) atoms. The van der Waals surface area contributed by atoms with Crippen LogP contribution in [0.5, 0.6) is 0 Å². The van der Waals surface area contributed by atoms with Crippen LogP contribution in [0.4, 0.5) is 0 Å². The van der Waals surface area contributed by atoms with E-state index < -0.39 is 0 Å². The van der Waals surface area contributed by atoms with Crippen molar-refractivity contribution in [3.63, 3.8) is 0 Å². The first-order valence-electron chi connectivity index (χ1n) is 4.35. The Kier molecular flexibility index (Phi) is 4.23. The van der Waals surface area contributed by atoms with Gasteiger partial charge in [-0.1, -0.05) is 30.6 Å². The van der Waals surface area contributed by atoms with Gasteiger partial charge >= 0.3 is 0 Å². The summed E-state index contributed by atoms with van der Waals surface area (Å²) in [5.41, 5.74) is 5.97. The number of rotatable bonds is 3. The molecule has 82 valence electrons. The summed E-state index contributed by atoms with van der Waals surface area (Å²) in [5, 5.41) is 13.0. The van der Waals surface area contributed by atoms with Crippen LogP contribution < -0.4 is 5.73 Å². The second kappa shape index (κ2) is 5.23. The molecule has 0 saturated heterocycles. The smallest absolute Gasteiger partial charge is 0.171 e. The van der Waals surface area contributed by atoms with Gasteiger partial charge in [0.15, 0.2) is 5.84 Å². The standard InChI is InChI=1S/C9H12ClN3OS/c1-5(2)15-9-7(10)6(3-4-12-9)8(11)13-14/h3-5,14H,1-2H3,(H2,11,13). The van der Waals surface area contributed by atoms with E-state index in [1.54, 1.807) is 12.3 Å². The Hall–Kier alpha value is -0.940. The molecule has 1 aromatic heterocycles. The van der Waals surface area contributed by atoms with Crippen molar-refractivity contribution in [2.75, 3.05) is 0 Å². The highest BCUT2D eigenvalue weighted by Gasteiger charge is 2.12. The van der Waals surface area contributed by atoms with Crippen molar-refractivity contribution in [3.05, 3.63) is 22.8 Å². The largest absolute Gasteiger partial charge is 0.409 e. The van der Waals surface area contributed by atoms with Gasteiger partial charge in [0.05, 0.1) is 5.02 Å². The van der Waals surface area contributed by atoms with Crippen LogP contribution in [0.25, 0.3) is 0 Å². The molecule has 0 aromatic carbocycles. The fraction of sp³-hybridized carbons (Fsp3) is 0.333. The van der Waals surface area contributed by atoms with Gasteiger partial charge in [0, 0.05) is 17.0 Å². The minimum absolute atomic E-state index is 0.00648. The van der Waals surface area contributed by atoms with E-state index >= 15 is 0 Å². The Morgan fingerprint density at radius 2 is 2.33 bits per heavy atom. The Morgan fingerprint density at radius 1 is 1.67 bits per heavy atom. The average molecular weight is 246 g/mol. The number of amidine groups is 1. The summed E-state index contributed by atoms with van der Waals surface area (Å²) < 4.78 is 0. The lowest BCUT2D eigenvalue weighted by atomic mass is 10.2. The SMILES string of the molecule is CC(C)Sc1nccc(/C(N)=N/O)c1Cl. The fourth-order valence-electron chi connectivity index (χ4n) is 0.982. The quantitative estimate of drug-likeness (QED) is 0.282. The van der Waals surface area contributed by atoms with E-state index in [1.807, 2.05) is 13.8 Å². The third-order valence-corrected chi connectivity index (χ3v) is 3.09. The minimum Gasteiger partial charge on any atom is -0.409 e. The highest BCUT2D eigenvalue weighted by atomic mass is 35.5. The lowest BCUT2D eigenvalue weighted by Crippen LogP contribution is -2.14. The lowest BCUT2D eigenvalue weighted by Gasteiger charge is -2.08. The van der Waals surface area contributed by atoms with Crippen LogP contribution in [0.15, 0.2) is 22.4 Å². The van der Waals surface area contributed by atoms with Gasteiger partial charge in [-0.15, -0.1) is 11.8 Å². The molecule has 1 heterocycles. The molecule has 6 heteroatoms. The number of oxime groups is 1. The van der Waals surface area contributed by atoms with Gasteiger partial charge in [0.1, 0.15) is 5.03 Å². The van der Waals surface area contributed by atoms with Crippen molar-refractivity contribution in [2.45, 2.75) is 24.1 Å². The molecule has 0 saturated carbocycles. The van der Waals surface area contributed by atoms with Gasteiger partial charge in [0.25, 0.3) is 0 Å². The summed E-state index contributed by atoms with van der Waals surface area (Å²) in [6.45, 7) is 4.08. The Balaban J connectivity index is 3.11. The van der Waals surface area contributed by atoms with Crippen LogP contribution >= 0.6 is 23.4 Å². The summed E-state index contributed by atoms with van der Waals surface area (Å²) in [6, 6.07) is 1.61. The van der Waals surface area contributed by atoms with E-state index in [-0.39, 0.29) is 5.84 Å². The lowest BCUT2D eigenvalue weighted by molar-refractivity contribution is 0.318. The van der Waals surface area contributed by atoms with Gasteiger partial charge in [-0.25, -0.2) is 4.98 Å². The van der Waals surface area contributed by atoms with E-state index in [1.165, 1.54) is 11.8 Å². The third-order valence-electron chi connectivity index (χ3n) is 1.59. The zero-order chi connectivity index (χ0) is 11.4. The predicted octanol–water partition coefficient (Wildman–Crippen LogP) is 2.33. The highest BCUT2D eigenvalue weighted by molar-refractivity contribution is 7.99. The first-order chi connectivity index (χ1) is 7.06. The number of halogens is 1. The molecular weight excluding hydrogens is 234 g/mol. The highest BCUT2D eigenvalue weighted by Crippen LogP contribution is 2.30. The van der Waals surface area contributed by atoms with E-state index in [0.717, 1.165) is 0 Å². The molecule has 3 N–H and O–H groups in total. The van der Waals surface area contributed by atoms with E-state index in [9.17, 15) is 0 Å². The Labute approximate surface area is 97.5 Å². The van der Waals surface area contributed by atoms with Crippen molar-refractivity contribution in [1.29, 1.82) is 0 Å². The summed E-state index contributed by atoms with van der Waals surface area (Å²) in [7, 11) is 0. The molecule has 0 unspecified atom stereocenters. The third kappa shape index (κ3) is 3.00. The first kappa shape index (κ1) is 12.1. The van der Waals surface area contributed by atoms with Crippen LogP contribution in [0.2, 0.25) is 5.02 Å². The summed E-state index contributed by atoms with van der Waals surface area (Å²) in [4.78, 5) is 4.13. The van der Waals surface area contributed by atoms with Crippen molar-refractivity contribution in [1.82, 2.24) is 4.98 Å². The predicted molar refractivity (Wildman–Crippen MR) is 62.8 cm³/mol. The van der Waals surface area contributed by atoms with Gasteiger partial charge in [-0.2, -0.15) is 0 Å². The number of thioether (sulfide) groups is 1. The molecule has 0 radical (unpaired) electrons. The van der Waals surface area contributed by atoms with Crippen molar-refractivity contribution >= 4 is 29.2 Å². The average Bonchev–Trinajstić information content (AvgIpc) is 2.19. The van der Waals surface area contributed by atoms with E-state index in [2.05, 4.69) is 10.1 Å². The molecule has 0 aliphatic carbocycles. The Morgan fingerprint density at radius 3 is 2.87 bits per heavy atom. The summed E-state index contributed by atoms with van der Waals surface area (Å²) >= 11 is 7.60. The molecule has 0 aliphatic rings. The monoisotopic (exact) mass is 245 g/mol. The summed E-state index contributed by atoms with van der Waals surface area (Å²) in [6.07, 6.45) is 1.59. The normalized spacial score (nSPS) is 12.1. The van der Waals surface area contributed by atoms with Gasteiger partial charge in [0.2, 0.25) is 0 Å². The van der Waals surface area contributed by atoms with Gasteiger partial charge < -0.3 is 10.9 Å². The second-order valence-corrected chi connectivity index (χ2v) is 5.07.